The Balaban J connectivity index is 1.32. The normalized spacial score (nSPS) is 13.6. The fourth-order valence-electron chi connectivity index (χ4n) is 6.59. The van der Waals surface area contributed by atoms with Crippen LogP contribution in [0.3, 0.4) is 0 Å². The number of halogens is 2. The van der Waals surface area contributed by atoms with E-state index in [0.29, 0.717) is 64.7 Å². The number of fused-ring (bicyclic) bond motifs is 5. The van der Waals surface area contributed by atoms with Crippen LogP contribution in [0, 0.1) is 17.1 Å². The number of anilines is 1. The van der Waals surface area contributed by atoms with E-state index in [-0.39, 0.29) is 33.7 Å². The maximum atomic E-state index is 14.0. The van der Waals surface area contributed by atoms with E-state index in [1.54, 1.807) is 53.6 Å². The zero-order valence-corrected chi connectivity index (χ0v) is 27.6. The number of likely N-dealkylation sites (tertiary alicyclic amines) is 1. The van der Waals surface area contributed by atoms with Crippen LogP contribution in [0.15, 0.2) is 93.8 Å². The van der Waals surface area contributed by atoms with Gasteiger partial charge < -0.3 is 14.3 Å². The Hall–Kier alpha value is -5.87. The van der Waals surface area contributed by atoms with Gasteiger partial charge in [0.1, 0.15) is 29.7 Å². The van der Waals surface area contributed by atoms with Gasteiger partial charge in [0.05, 0.1) is 40.7 Å². The number of amides is 1. The summed E-state index contributed by atoms with van der Waals surface area (Å²) in [6.07, 6.45) is 3.60. The summed E-state index contributed by atoms with van der Waals surface area (Å²) >= 11 is 0. The molecule has 1 aliphatic rings. The number of aromatic amines is 1. The van der Waals surface area contributed by atoms with Gasteiger partial charge in [0, 0.05) is 47.3 Å². The molecule has 3 aromatic carbocycles. The second-order valence-corrected chi connectivity index (χ2v) is 13.9. The van der Waals surface area contributed by atoms with Crippen LogP contribution in [0.5, 0.6) is 0 Å². The average molecular weight is 694 g/mol. The Morgan fingerprint density at radius 3 is 2.56 bits per heavy atom. The molecule has 0 bridgehead atoms. The standard InChI is InChI=1S/C37H29F2N5O5S/c1-50(47,48)44(16-12-38)32-20-33-28(34-35(49-33)26-9-8-25(39)18-31(26)42-36(34)45)19-27(32)23-5-4-6-24(17-23)37(46)43-14-10-22(11-15-43)29(21-40)30-7-2-3-13-41-30/h2-9,13,17-20H,10-12,14-16H2,1H3,(H,42,45). The molecule has 0 saturated carbocycles. The molecule has 4 heterocycles. The fourth-order valence-corrected chi connectivity index (χ4v) is 7.50. The molecule has 0 atom stereocenters. The molecular formula is C37H29F2N5O5S. The van der Waals surface area contributed by atoms with E-state index in [1.165, 1.54) is 24.3 Å². The number of H-pyrrole nitrogens is 1. The second-order valence-electron chi connectivity index (χ2n) is 12.0. The lowest BCUT2D eigenvalue weighted by Gasteiger charge is -2.29. The number of sulfonamides is 1. The van der Waals surface area contributed by atoms with Gasteiger partial charge in [-0.1, -0.05) is 18.2 Å². The van der Waals surface area contributed by atoms with Gasteiger partial charge in [0.15, 0.2) is 0 Å². The van der Waals surface area contributed by atoms with Crippen molar-refractivity contribution in [3.05, 3.63) is 112 Å². The molecule has 0 aliphatic carbocycles. The zero-order chi connectivity index (χ0) is 35.2. The van der Waals surface area contributed by atoms with Gasteiger partial charge in [-0.15, -0.1) is 0 Å². The average Bonchev–Trinajstić information content (AvgIpc) is 3.49. The summed E-state index contributed by atoms with van der Waals surface area (Å²) in [6.45, 7) is -0.689. The molecule has 252 valence electrons. The molecule has 10 nitrogen and oxygen atoms in total. The first kappa shape index (κ1) is 32.7. The van der Waals surface area contributed by atoms with E-state index < -0.39 is 34.6 Å². The van der Waals surface area contributed by atoms with Crippen molar-refractivity contribution >= 4 is 60.0 Å². The predicted molar refractivity (Wildman–Crippen MR) is 187 cm³/mol. The number of carbonyl (C=O) groups excluding carboxylic acids is 1. The van der Waals surface area contributed by atoms with Crippen molar-refractivity contribution in [2.75, 3.05) is 36.9 Å². The van der Waals surface area contributed by atoms with E-state index in [0.717, 1.165) is 16.1 Å². The van der Waals surface area contributed by atoms with Crippen LogP contribution in [0.4, 0.5) is 14.5 Å². The number of allylic oxidation sites excluding steroid dienone is 1. The highest BCUT2D eigenvalue weighted by Crippen LogP contribution is 2.41. The van der Waals surface area contributed by atoms with E-state index in [4.69, 9.17) is 4.42 Å². The lowest BCUT2D eigenvalue weighted by Crippen LogP contribution is -2.36. The Morgan fingerprint density at radius 2 is 1.86 bits per heavy atom. The van der Waals surface area contributed by atoms with Crippen LogP contribution in [-0.4, -0.2) is 61.8 Å². The van der Waals surface area contributed by atoms with Gasteiger partial charge in [-0.05, 0) is 72.5 Å². The summed E-state index contributed by atoms with van der Waals surface area (Å²) in [5.41, 5.74) is 3.28. The molecule has 13 heteroatoms. The van der Waals surface area contributed by atoms with E-state index in [1.807, 2.05) is 6.07 Å². The molecule has 1 aliphatic heterocycles. The summed E-state index contributed by atoms with van der Waals surface area (Å²) in [7, 11) is -4.00. The monoisotopic (exact) mass is 693 g/mol. The van der Waals surface area contributed by atoms with Crippen LogP contribution >= 0.6 is 0 Å². The number of carbonyl (C=O) groups is 1. The molecular weight excluding hydrogens is 664 g/mol. The molecule has 1 fully saturated rings. The Bertz CT molecular complexity index is 2570. The number of aromatic nitrogens is 2. The molecule has 7 rings (SSSR count). The van der Waals surface area contributed by atoms with Crippen molar-refractivity contribution in [3.63, 3.8) is 0 Å². The van der Waals surface area contributed by atoms with Gasteiger partial charge >= 0.3 is 0 Å². The largest absolute Gasteiger partial charge is 0.455 e. The third-order valence-electron chi connectivity index (χ3n) is 8.93. The first-order valence-corrected chi connectivity index (χ1v) is 17.6. The molecule has 3 aromatic heterocycles. The highest BCUT2D eigenvalue weighted by Gasteiger charge is 2.27. The molecule has 0 unspecified atom stereocenters. The van der Waals surface area contributed by atoms with Crippen LogP contribution in [0.2, 0.25) is 0 Å². The minimum Gasteiger partial charge on any atom is -0.455 e. The molecule has 50 heavy (non-hydrogen) atoms. The third kappa shape index (κ3) is 5.88. The number of alkyl halides is 1. The number of furan rings is 1. The number of nitrogens with zero attached hydrogens (tertiary/aromatic N) is 4. The van der Waals surface area contributed by atoms with Crippen molar-refractivity contribution in [1.82, 2.24) is 14.9 Å². The van der Waals surface area contributed by atoms with Crippen LogP contribution in [0.25, 0.3) is 49.5 Å². The zero-order valence-electron chi connectivity index (χ0n) is 26.7. The van der Waals surface area contributed by atoms with E-state index in [9.17, 15) is 32.0 Å². The number of nitrogens with one attached hydrogen (secondary N) is 1. The predicted octanol–water partition coefficient (Wildman–Crippen LogP) is 6.58. The number of benzene rings is 3. The maximum Gasteiger partial charge on any atom is 0.260 e. The van der Waals surface area contributed by atoms with Gasteiger partial charge in [0.25, 0.3) is 11.5 Å². The summed E-state index contributed by atoms with van der Waals surface area (Å²) in [6, 6.07) is 21.2. The van der Waals surface area contributed by atoms with Crippen molar-refractivity contribution in [2.45, 2.75) is 12.8 Å². The van der Waals surface area contributed by atoms with E-state index >= 15 is 0 Å². The second kappa shape index (κ2) is 12.9. The summed E-state index contributed by atoms with van der Waals surface area (Å²) in [5, 5.41) is 10.8. The first-order chi connectivity index (χ1) is 24.1. The molecule has 0 radical (unpaired) electrons. The number of pyridine rings is 2. The molecule has 0 spiro atoms. The van der Waals surface area contributed by atoms with Crippen molar-refractivity contribution in [2.24, 2.45) is 0 Å². The maximum absolute atomic E-state index is 14.0. The van der Waals surface area contributed by atoms with Crippen molar-refractivity contribution in [1.29, 1.82) is 5.26 Å². The highest BCUT2D eigenvalue weighted by atomic mass is 32.2. The number of piperidine rings is 1. The lowest BCUT2D eigenvalue weighted by molar-refractivity contribution is 0.0744. The topological polar surface area (TPSA) is 140 Å². The lowest BCUT2D eigenvalue weighted by atomic mass is 9.95. The van der Waals surface area contributed by atoms with Gasteiger partial charge in [0.2, 0.25) is 10.0 Å². The van der Waals surface area contributed by atoms with E-state index in [2.05, 4.69) is 16.0 Å². The SMILES string of the molecule is CS(=O)(=O)N(CCF)c1cc2oc3c4ccc(F)cc4[nH]c(=O)c3c2cc1-c1cccc(C(=O)N2CCC(=C(C#N)c3ccccn3)CC2)c1. The smallest absolute Gasteiger partial charge is 0.260 e. The highest BCUT2D eigenvalue weighted by molar-refractivity contribution is 7.92. The number of hydrogen-bond donors (Lipinski definition) is 1. The van der Waals surface area contributed by atoms with Crippen molar-refractivity contribution in [3.8, 4) is 17.2 Å². The van der Waals surface area contributed by atoms with Crippen LogP contribution in [0.1, 0.15) is 28.9 Å². The quantitative estimate of drug-likeness (QED) is 0.186. The Labute approximate surface area is 284 Å². The Kier molecular flexibility index (Phi) is 8.41. The van der Waals surface area contributed by atoms with Crippen LogP contribution < -0.4 is 9.86 Å². The fraction of sp³-hybridized carbons (Fsp3) is 0.189. The number of rotatable bonds is 7. The Morgan fingerprint density at radius 1 is 1.06 bits per heavy atom. The number of nitriles is 1. The number of hydrogen-bond acceptors (Lipinski definition) is 7. The minimum absolute atomic E-state index is 0.0967. The van der Waals surface area contributed by atoms with Gasteiger partial charge in [-0.25, -0.2) is 17.2 Å². The molecule has 1 N–H and O–H groups in total. The summed E-state index contributed by atoms with van der Waals surface area (Å²) in [5.74, 6) is -0.798. The van der Waals surface area contributed by atoms with Crippen molar-refractivity contribution < 1.29 is 26.4 Å². The minimum atomic E-state index is -4.00. The first-order valence-electron chi connectivity index (χ1n) is 15.8. The molecule has 6 aromatic rings. The summed E-state index contributed by atoms with van der Waals surface area (Å²) in [4.78, 5) is 35.8. The van der Waals surface area contributed by atoms with Gasteiger partial charge in [-0.3, -0.25) is 18.9 Å². The van der Waals surface area contributed by atoms with Gasteiger partial charge in [-0.2, -0.15) is 5.26 Å². The van der Waals surface area contributed by atoms with Crippen LogP contribution in [-0.2, 0) is 10.0 Å². The third-order valence-corrected chi connectivity index (χ3v) is 10.1. The summed E-state index contributed by atoms with van der Waals surface area (Å²) < 4.78 is 60.8. The molecule has 1 saturated heterocycles. The molecule has 1 amide bonds.